The van der Waals surface area contributed by atoms with Crippen molar-refractivity contribution in [1.29, 1.82) is 0 Å². The van der Waals surface area contributed by atoms with E-state index in [9.17, 15) is 15.4 Å². The monoisotopic (exact) mass is 662 g/mol. The number of rotatable bonds is 12. The summed E-state index contributed by atoms with van der Waals surface area (Å²) in [6.07, 6.45) is 2.22. The summed E-state index contributed by atoms with van der Waals surface area (Å²) in [4.78, 5) is 22.5. The number of azide groups is 1. The number of nitrogens with zero attached hydrogens (tertiary/aromatic N) is 4. The fraction of sp³-hybridized carbons (Fsp3) is 0.375. The van der Waals surface area contributed by atoms with Crippen molar-refractivity contribution in [3.63, 3.8) is 0 Å². The van der Waals surface area contributed by atoms with Crippen LogP contribution in [0, 0.1) is 0 Å². The predicted molar refractivity (Wildman–Crippen MR) is 169 cm³/mol. The van der Waals surface area contributed by atoms with Crippen molar-refractivity contribution in [1.82, 2.24) is 10.9 Å². The van der Waals surface area contributed by atoms with Crippen LogP contribution in [0.5, 0.6) is 5.75 Å². The number of halogens is 1. The number of aliphatic hydroxyl groups is 2. The lowest BCUT2D eigenvalue weighted by molar-refractivity contribution is -0.130. The molecule has 230 valence electrons. The number of hydrogen-bond acceptors (Lipinski definition) is 8. The van der Waals surface area contributed by atoms with E-state index < -0.39 is 17.6 Å². The van der Waals surface area contributed by atoms with E-state index in [-0.39, 0.29) is 31.1 Å². The molecule has 1 amide bonds. The molecule has 44 heavy (non-hydrogen) atoms. The maximum absolute atomic E-state index is 14.4. The van der Waals surface area contributed by atoms with Gasteiger partial charge < -0.3 is 19.7 Å². The van der Waals surface area contributed by atoms with Crippen LogP contribution < -0.4 is 15.6 Å². The van der Waals surface area contributed by atoms with Crippen LogP contribution in [0.1, 0.15) is 54.9 Å². The summed E-state index contributed by atoms with van der Waals surface area (Å²) in [6.45, 7) is 0.427. The smallest absolute Gasteiger partial charge is 0.266 e. The summed E-state index contributed by atoms with van der Waals surface area (Å²) < 4.78 is 13.1. The molecule has 0 aromatic heterocycles. The molecule has 0 unspecified atom stereocenters. The van der Waals surface area contributed by atoms with E-state index in [1.165, 1.54) is 0 Å². The third-order valence-corrected chi connectivity index (χ3v) is 8.40. The van der Waals surface area contributed by atoms with Gasteiger partial charge in [0.05, 0.1) is 12.7 Å². The Kier molecular flexibility index (Phi) is 10.5. The van der Waals surface area contributed by atoms with Gasteiger partial charge in [0, 0.05) is 51.7 Å². The van der Waals surface area contributed by atoms with Crippen LogP contribution in [0.3, 0.4) is 0 Å². The first-order chi connectivity index (χ1) is 21.4. The second-order valence-electron chi connectivity index (χ2n) is 10.9. The van der Waals surface area contributed by atoms with Crippen molar-refractivity contribution in [2.75, 3.05) is 13.2 Å². The molecule has 0 saturated heterocycles. The van der Waals surface area contributed by atoms with Crippen LogP contribution in [-0.2, 0) is 16.0 Å². The highest BCUT2D eigenvalue weighted by Gasteiger charge is 2.54. The van der Waals surface area contributed by atoms with Gasteiger partial charge >= 0.3 is 0 Å². The van der Waals surface area contributed by atoms with Gasteiger partial charge in [0.25, 0.3) is 5.91 Å². The van der Waals surface area contributed by atoms with Crippen LogP contribution in [0.4, 0.5) is 5.69 Å². The van der Waals surface area contributed by atoms with Gasteiger partial charge in [0.1, 0.15) is 5.75 Å². The zero-order chi connectivity index (χ0) is 30.9. The number of benzene rings is 3. The minimum Gasteiger partial charge on any atom is -0.494 e. The molecular weight excluding hydrogens is 628 g/mol. The lowest BCUT2D eigenvalue weighted by atomic mass is 9.81. The molecule has 4 N–H and O–H groups in total. The van der Waals surface area contributed by atoms with Crippen LogP contribution >= 0.6 is 15.9 Å². The lowest BCUT2D eigenvalue weighted by Crippen LogP contribution is -2.56. The van der Waals surface area contributed by atoms with Crippen molar-refractivity contribution >= 4 is 33.4 Å². The Morgan fingerprint density at radius 1 is 1.09 bits per heavy atom. The van der Waals surface area contributed by atoms with Crippen LogP contribution in [0.15, 0.2) is 87.4 Å². The van der Waals surface area contributed by atoms with Crippen molar-refractivity contribution in [2.24, 2.45) is 10.1 Å². The molecule has 3 aromatic carbocycles. The van der Waals surface area contributed by atoms with Gasteiger partial charge in [-0.2, -0.15) is 0 Å². The van der Waals surface area contributed by atoms with Crippen molar-refractivity contribution < 1.29 is 24.5 Å². The molecule has 1 saturated carbocycles. The lowest BCUT2D eigenvalue weighted by Gasteiger charge is -2.33. The van der Waals surface area contributed by atoms with E-state index in [2.05, 4.69) is 36.8 Å². The number of carbonyl (C=O) groups is 1. The molecule has 0 radical (unpaired) electrons. The van der Waals surface area contributed by atoms with Gasteiger partial charge in [-0.05, 0) is 73.2 Å². The summed E-state index contributed by atoms with van der Waals surface area (Å²) in [6, 6.07) is 21.9. The van der Waals surface area contributed by atoms with E-state index in [0.717, 1.165) is 22.9 Å². The van der Waals surface area contributed by atoms with E-state index in [4.69, 9.17) is 19.6 Å². The highest BCUT2D eigenvalue weighted by atomic mass is 79.9. The van der Waals surface area contributed by atoms with E-state index >= 15 is 0 Å². The number of aliphatic imine (C=N–C) groups is 1. The fourth-order valence-corrected chi connectivity index (χ4v) is 5.78. The molecule has 2 aliphatic rings. The summed E-state index contributed by atoms with van der Waals surface area (Å²) in [5, 5.41) is 22.9. The second kappa shape index (κ2) is 14.7. The topological polar surface area (TPSA) is 161 Å². The first-order valence-corrected chi connectivity index (χ1v) is 15.4. The molecule has 1 heterocycles. The predicted octanol–water partition coefficient (Wildman–Crippen LogP) is 5.58. The normalized spacial score (nSPS) is 22.8. The average Bonchev–Trinajstić information content (AvgIpc) is 3.43. The van der Waals surface area contributed by atoms with Gasteiger partial charge in [-0.25, -0.2) is 10.4 Å². The van der Waals surface area contributed by atoms with Crippen molar-refractivity contribution in [3.8, 4) is 5.75 Å². The van der Waals surface area contributed by atoms with E-state index in [1.807, 2.05) is 36.4 Å². The van der Waals surface area contributed by atoms with Gasteiger partial charge in [0.15, 0.2) is 11.6 Å². The number of amides is 1. The van der Waals surface area contributed by atoms with Crippen molar-refractivity contribution in [2.45, 2.75) is 62.3 Å². The minimum absolute atomic E-state index is 0.00477. The molecule has 0 bridgehead atoms. The third kappa shape index (κ3) is 7.40. The number of nitrogens with one attached hydrogen (secondary N) is 2. The third-order valence-electron chi connectivity index (χ3n) is 7.88. The molecule has 5 rings (SSSR count). The Labute approximate surface area is 264 Å². The highest BCUT2D eigenvalue weighted by Crippen LogP contribution is 2.45. The summed E-state index contributed by atoms with van der Waals surface area (Å²) in [5.41, 5.74) is 16.3. The maximum atomic E-state index is 14.4. The Morgan fingerprint density at radius 2 is 1.82 bits per heavy atom. The van der Waals surface area contributed by atoms with E-state index in [0.29, 0.717) is 48.4 Å². The maximum Gasteiger partial charge on any atom is 0.266 e. The van der Waals surface area contributed by atoms with Crippen LogP contribution in [0.25, 0.3) is 10.4 Å². The second-order valence-corrected chi connectivity index (χ2v) is 11.9. The summed E-state index contributed by atoms with van der Waals surface area (Å²) >= 11 is 3.49. The first-order valence-electron chi connectivity index (χ1n) is 14.6. The van der Waals surface area contributed by atoms with E-state index in [1.54, 1.807) is 36.4 Å². The first kappa shape index (κ1) is 31.5. The molecule has 0 spiro atoms. The van der Waals surface area contributed by atoms with Crippen LogP contribution in [0.2, 0.25) is 0 Å². The summed E-state index contributed by atoms with van der Waals surface area (Å²) in [5.74, 6) is 0.499. The number of hydrazine groups is 1. The van der Waals surface area contributed by atoms with Crippen LogP contribution in [-0.4, -0.2) is 52.9 Å². The molecule has 12 heteroatoms. The Balaban J connectivity index is 1.55. The number of ether oxygens (including phenoxy) is 2. The number of aliphatic hydroxyl groups excluding tert-OH is 2. The fourth-order valence-electron chi connectivity index (χ4n) is 5.52. The molecule has 1 aliphatic carbocycles. The zero-order valence-electron chi connectivity index (χ0n) is 24.1. The molecule has 3 aromatic rings. The Bertz CT molecular complexity index is 1500. The number of hydrogen-bond donors (Lipinski definition) is 4. The molecule has 2 atom stereocenters. The highest BCUT2D eigenvalue weighted by molar-refractivity contribution is 9.10. The zero-order valence-corrected chi connectivity index (χ0v) is 25.7. The minimum atomic E-state index is -1.48. The standard InChI is InChI=1S/C32H35BrN6O5/c33-23-10-6-21(7-11-23)20-32(31(42)38-36-24-12-14-25(41)15-13-24)29(27-4-1-2-5-28(27)37-39-34)44-30(35-32)22-8-16-26(17-9-22)43-19-3-18-40/h1-2,4-11,16-17,24-25,29,36,40-41H,3,12-15,18-20H2,(H,38,42)/t24?,25?,29-,32-/m0/s1. The Morgan fingerprint density at radius 3 is 2.52 bits per heavy atom. The average molecular weight is 664 g/mol. The SMILES string of the molecule is [N-]=[N+]=Nc1ccccc1[C@@H]1OC(c2ccc(OCCCO)cc2)=N[C@]1(Cc1ccc(Br)cc1)C(=O)NNC1CCC(O)CC1. The molecule has 1 fully saturated rings. The molecular formula is C32H35BrN6O5. The van der Waals surface area contributed by atoms with Gasteiger partial charge in [0.2, 0.25) is 5.90 Å². The van der Waals surface area contributed by atoms with Gasteiger partial charge in [-0.1, -0.05) is 57.4 Å². The quantitative estimate of drug-likeness (QED) is 0.0651. The summed E-state index contributed by atoms with van der Waals surface area (Å²) in [7, 11) is 0. The number of carbonyl (C=O) groups excluding carboxylic acids is 1. The largest absolute Gasteiger partial charge is 0.494 e. The Hall–Kier alpha value is -3.93. The van der Waals surface area contributed by atoms with Crippen molar-refractivity contribution in [3.05, 3.63) is 104 Å². The molecule has 1 aliphatic heterocycles. The van der Waals surface area contributed by atoms with Gasteiger partial charge in [-0.15, -0.1) is 0 Å². The molecule has 11 nitrogen and oxygen atoms in total. The van der Waals surface area contributed by atoms with Gasteiger partial charge in [-0.3, -0.25) is 10.2 Å².